The van der Waals surface area contributed by atoms with Crippen LogP contribution in [-0.4, -0.2) is 24.3 Å². The van der Waals surface area contributed by atoms with E-state index >= 15 is 0 Å². The van der Waals surface area contributed by atoms with Crippen molar-refractivity contribution in [3.05, 3.63) is 35.1 Å². The van der Waals surface area contributed by atoms with Gasteiger partial charge in [-0.2, -0.15) is 0 Å². The number of halogens is 2. The van der Waals surface area contributed by atoms with Gasteiger partial charge < -0.3 is 14.6 Å². The highest BCUT2D eigenvalue weighted by Crippen LogP contribution is 2.23. The number of benzene rings is 1. The molecule has 0 unspecified atom stereocenters. The zero-order chi connectivity index (χ0) is 14.4. The Morgan fingerprint density at radius 3 is 2.21 bits per heavy atom. The molecule has 0 aliphatic heterocycles. The molecule has 6 heteroatoms. The van der Waals surface area contributed by atoms with Gasteiger partial charge in [-0.3, -0.25) is 0 Å². The van der Waals surface area contributed by atoms with E-state index in [-0.39, 0.29) is 24.5 Å². The average Bonchev–Trinajstić information content (AvgIpc) is 2.35. The van der Waals surface area contributed by atoms with Gasteiger partial charge in [0.1, 0.15) is 0 Å². The number of rotatable bonds is 5. The second kappa shape index (κ2) is 6.72. The predicted octanol–water partition coefficient (Wildman–Crippen LogP) is 2.61. The number of aromatic hydroxyl groups is 1. The summed E-state index contributed by atoms with van der Waals surface area (Å²) < 4.78 is 36.1. The monoisotopic (exact) mass is 272 g/mol. The maximum absolute atomic E-state index is 13.1. The minimum absolute atomic E-state index is 0.0457. The summed E-state index contributed by atoms with van der Waals surface area (Å²) in [5.74, 6) is -4.18. The van der Waals surface area contributed by atoms with Gasteiger partial charge in [-0.15, -0.1) is 0 Å². The summed E-state index contributed by atoms with van der Waals surface area (Å²) in [6.45, 7) is 3.64. The first-order valence-electron chi connectivity index (χ1n) is 5.69. The molecular formula is C13H14F2O4. The lowest BCUT2D eigenvalue weighted by atomic mass is 10.1. The van der Waals surface area contributed by atoms with Crippen LogP contribution in [0.5, 0.6) is 5.75 Å². The third-order valence-corrected chi connectivity index (χ3v) is 2.11. The van der Waals surface area contributed by atoms with Crippen molar-refractivity contribution >= 4 is 12.0 Å². The molecule has 0 saturated carbocycles. The highest BCUT2D eigenvalue weighted by Gasteiger charge is 2.14. The van der Waals surface area contributed by atoms with E-state index in [2.05, 4.69) is 0 Å². The van der Waals surface area contributed by atoms with Crippen molar-refractivity contribution in [2.45, 2.75) is 13.8 Å². The van der Waals surface area contributed by atoms with Crippen LogP contribution in [0.25, 0.3) is 6.08 Å². The largest absolute Gasteiger partial charge is 0.503 e. The zero-order valence-corrected chi connectivity index (χ0v) is 10.6. The normalized spacial score (nSPS) is 11.3. The number of carbonyl (C=O) groups excluding carboxylic acids is 1. The standard InChI is InChI=1S/C13H14F2O4/c1-3-18-11(13(17)19-4-2)7-8-5-9(14)12(16)10(15)6-8/h5-7,16H,3-4H2,1-2H3/b11-7-. The van der Waals surface area contributed by atoms with Crippen LogP contribution < -0.4 is 0 Å². The molecular weight excluding hydrogens is 258 g/mol. The Kier molecular flexibility index (Phi) is 5.29. The fraction of sp³-hybridized carbons (Fsp3) is 0.308. The van der Waals surface area contributed by atoms with Crippen molar-refractivity contribution in [3.8, 4) is 5.75 Å². The molecule has 0 saturated heterocycles. The highest BCUT2D eigenvalue weighted by molar-refractivity contribution is 5.91. The number of carbonyl (C=O) groups is 1. The van der Waals surface area contributed by atoms with Gasteiger partial charge in [0.2, 0.25) is 5.76 Å². The van der Waals surface area contributed by atoms with Crippen molar-refractivity contribution in [3.63, 3.8) is 0 Å². The van der Waals surface area contributed by atoms with Crippen molar-refractivity contribution in [2.75, 3.05) is 13.2 Å². The van der Waals surface area contributed by atoms with E-state index in [1.165, 1.54) is 0 Å². The molecule has 0 atom stereocenters. The predicted molar refractivity (Wildman–Crippen MR) is 64.3 cm³/mol. The molecule has 0 heterocycles. The SMILES string of the molecule is CCOC(=O)/C(=C/c1cc(F)c(O)c(F)c1)OCC. The minimum atomic E-state index is -1.12. The van der Waals surface area contributed by atoms with Gasteiger partial charge in [0.25, 0.3) is 0 Å². The number of esters is 1. The Morgan fingerprint density at radius 2 is 1.74 bits per heavy atom. The molecule has 0 aliphatic rings. The van der Waals surface area contributed by atoms with E-state index in [9.17, 15) is 13.6 Å². The number of phenols is 1. The van der Waals surface area contributed by atoms with Gasteiger partial charge in [0.15, 0.2) is 17.4 Å². The fourth-order valence-corrected chi connectivity index (χ4v) is 1.34. The van der Waals surface area contributed by atoms with E-state index in [1.54, 1.807) is 13.8 Å². The third-order valence-electron chi connectivity index (χ3n) is 2.11. The maximum Gasteiger partial charge on any atom is 0.373 e. The number of hydrogen-bond acceptors (Lipinski definition) is 4. The zero-order valence-electron chi connectivity index (χ0n) is 10.6. The van der Waals surface area contributed by atoms with E-state index in [0.29, 0.717) is 0 Å². The molecule has 1 aromatic carbocycles. The van der Waals surface area contributed by atoms with Gasteiger partial charge in [-0.25, -0.2) is 13.6 Å². The van der Waals surface area contributed by atoms with Crippen LogP contribution in [0.1, 0.15) is 19.4 Å². The van der Waals surface area contributed by atoms with E-state index in [4.69, 9.17) is 14.6 Å². The Morgan fingerprint density at radius 1 is 1.21 bits per heavy atom. The second-order valence-corrected chi connectivity index (χ2v) is 3.50. The highest BCUT2D eigenvalue weighted by atomic mass is 19.1. The number of hydrogen-bond donors (Lipinski definition) is 1. The summed E-state index contributed by atoms with van der Waals surface area (Å²) in [6, 6.07) is 1.77. The molecule has 0 spiro atoms. The van der Waals surface area contributed by atoms with Crippen molar-refractivity contribution < 1.29 is 28.2 Å². The fourth-order valence-electron chi connectivity index (χ4n) is 1.34. The van der Waals surface area contributed by atoms with Gasteiger partial charge in [0.05, 0.1) is 13.2 Å². The van der Waals surface area contributed by atoms with Gasteiger partial charge in [-0.1, -0.05) is 0 Å². The molecule has 0 bridgehead atoms. The van der Waals surface area contributed by atoms with E-state index in [0.717, 1.165) is 18.2 Å². The lowest BCUT2D eigenvalue weighted by Crippen LogP contribution is -2.10. The molecule has 0 radical (unpaired) electrons. The molecule has 1 rings (SSSR count). The maximum atomic E-state index is 13.1. The first kappa shape index (κ1) is 14.9. The average molecular weight is 272 g/mol. The van der Waals surface area contributed by atoms with Crippen LogP contribution in [0.15, 0.2) is 17.9 Å². The minimum Gasteiger partial charge on any atom is -0.503 e. The summed E-state index contributed by atoms with van der Waals surface area (Å²) in [5.41, 5.74) is 0.0457. The molecule has 1 N–H and O–H groups in total. The second-order valence-electron chi connectivity index (χ2n) is 3.50. The molecule has 1 aromatic rings. The third kappa shape index (κ3) is 3.94. The van der Waals surface area contributed by atoms with E-state index in [1.807, 2.05) is 0 Å². The van der Waals surface area contributed by atoms with Gasteiger partial charge >= 0.3 is 5.97 Å². The van der Waals surface area contributed by atoms with Crippen LogP contribution in [0.2, 0.25) is 0 Å². The van der Waals surface area contributed by atoms with Crippen LogP contribution in [0, 0.1) is 11.6 Å². The van der Waals surface area contributed by atoms with Crippen molar-refractivity contribution in [1.29, 1.82) is 0 Å². The molecule has 104 valence electrons. The molecule has 0 amide bonds. The van der Waals surface area contributed by atoms with Crippen LogP contribution in [0.3, 0.4) is 0 Å². The summed E-state index contributed by atoms with van der Waals surface area (Å²) in [4.78, 5) is 11.5. The lowest BCUT2D eigenvalue weighted by molar-refractivity contribution is -0.142. The topological polar surface area (TPSA) is 55.8 Å². The molecule has 0 aliphatic carbocycles. The Bertz CT molecular complexity index is 474. The Labute approximate surface area is 109 Å². The van der Waals surface area contributed by atoms with E-state index < -0.39 is 23.4 Å². The molecule has 0 fully saturated rings. The van der Waals surface area contributed by atoms with Crippen LogP contribution in [-0.2, 0) is 14.3 Å². The lowest BCUT2D eigenvalue weighted by Gasteiger charge is -2.08. The Balaban J connectivity index is 3.11. The van der Waals surface area contributed by atoms with Gasteiger partial charge in [-0.05, 0) is 37.6 Å². The van der Waals surface area contributed by atoms with Gasteiger partial charge in [0, 0.05) is 0 Å². The van der Waals surface area contributed by atoms with Crippen molar-refractivity contribution in [1.82, 2.24) is 0 Å². The smallest absolute Gasteiger partial charge is 0.373 e. The quantitative estimate of drug-likeness (QED) is 0.508. The number of phenolic OH excluding ortho intramolecular Hbond substituents is 1. The summed E-state index contributed by atoms with van der Waals surface area (Å²) >= 11 is 0. The first-order chi connectivity index (χ1) is 8.99. The summed E-state index contributed by atoms with van der Waals surface area (Å²) in [6.07, 6.45) is 1.15. The molecule has 0 aromatic heterocycles. The first-order valence-corrected chi connectivity index (χ1v) is 5.69. The summed E-state index contributed by atoms with van der Waals surface area (Å²) in [5, 5.41) is 8.97. The van der Waals surface area contributed by atoms with Crippen LogP contribution in [0.4, 0.5) is 8.78 Å². The summed E-state index contributed by atoms with van der Waals surface area (Å²) in [7, 11) is 0. The number of ether oxygens (including phenoxy) is 2. The molecule has 4 nitrogen and oxygen atoms in total. The molecule has 19 heavy (non-hydrogen) atoms. The van der Waals surface area contributed by atoms with Crippen molar-refractivity contribution in [2.24, 2.45) is 0 Å². The van der Waals surface area contributed by atoms with Crippen LogP contribution >= 0.6 is 0 Å². The Hall–Kier alpha value is -2.11.